The molecule has 5 amide bonds. The van der Waals surface area contributed by atoms with Crippen molar-refractivity contribution in [2.24, 2.45) is 11.7 Å². The molecule has 1 fully saturated rings. The first kappa shape index (κ1) is 32.7. The third kappa shape index (κ3) is 11.3. The number of hydrogen-bond donors (Lipinski definition) is 8. The molecular weight excluding hydrogens is 532 g/mol. The molecule has 1 aromatic rings. The second-order valence-corrected chi connectivity index (χ2v) is 10.3. The molecule has 4 unspecified atom stereocenters. The van der Waals surface area contributed by atoms with E-state index in [9.17, 15) is 28.8 Å². The van der Waals surface area contributed by atoms with E-state index in [4.69, 9.17) is 11.1 Å². The maximum absolute atomic E-state index is 13.5. The second-order valence-electron chi connectivity index (χ2n) is 10.3. The van der Waals surface area contributed by atoms with Crippen LogP contribution in [0, 0.1) is 11.3 Å². The highest BCUT2D eigenvalue weighted by Gasteiger charge is 2.33. The minimum Gasteiger partial charge on any atom is -0.370 e. The molecule has 1 aromatic carbocycles. The van der Waals surface area contributed by atoms with E-state index in [0.29, 0.717) is 6.42 Å². The molecule has 4 atom stereocenters. The Bertz CT molecular complexity index is 1130. The average molecular weight is 573 g/mol. The van der Waals surface area contributed by atoms with Gasteiger partial charge < -0.3 is 37.6 Å². The van der Waals surface area contributed by atoms with Gasteiger partial charge in [-0.3, -0.25) is 34.2 Å². The number of carbonyl (C=O) groups excluding carboxylic acids is 6. The Kier molecular flexibility index (Phi) is 12.7. The lowest BCUT2D eigenvalue weighted by molar-refractivity contribution is -0.135. The lowest BCUT2D eigenvalue weighted by Crippen LogP contribution is -2.59. The fourth-order valence-electron chi connectivity index (χ4n) is 4.21. The molecule has 14 nitrogen and oxygen atoms in total. The highest BCUT2D eigenvalue weighted by molar-refractivity contribution is 5.98. The minimum absolute atomic E-state index is 0.0808. The molecular formula is C27H40N8O6. The molecule has 41 heavy (non-hydrogen) atoms. The van der Waals surface area contributed by atoms with Crippen LogP contribution in [0.5, 0.6) is 0 Å². The highest BCUT2D eigenvalue weighted by Crippen LogP contribution is 2.09. The Balaban J connectivity index is 2.41. The molecule has 224 valence electrons. The van der Waals surface area contributed by atoms with Crippen LogP contribution in [-0.2, 0) is 35.2 Å². The van der Waals surface area contributed by atoms with Crippen LogP contribution in [0.1, 0.15) is 45.6 Å². The molecule has 0 bridgehead atoms. The van der Waals surface area contributed by atoms with Crippen molar-refractivity contribution in [1.82, 2.24) is 31.9 Å². The minimum atomic E-state index is -1.29. The Morgan fingerprint density at radius 3 is 2.17 bits per heavy atom. The molecule has 2 rings (SSSR count). The first-order valence-electron chi connectivity index (χ1n) is 13.5. The van der Waals surface area contributed by atoms with Gasteiger partial charge in [-0.15, -0.1) is 0 Å². The first-order chi connectivity index (χ1) is 19.4. The van der Waals surface area contributed by atoms with Crippen LogP contribution in [0.2, 0.25) is 0 Å². The van der Waals surface area contributed by atoms with Gasteiger partial charge in [-0.25, -0.2) is 0 Å². The number of guanidine groups is 1. The molecule has 1 aliphatic heterocycles. The molecule has 0 saturated carbocycles. The lowest BCUT2D eigenvalue weighted by Gasteiger charge is -2.27. The number of Topliss-reactive ketones (excluding diaryl/α,β-unsaturated/α-hetero) is 1. The zero-order valence-electron chi connectivity index (χ0n) is 23.5. The van der Waals surface area contributed by atoms with Crippen molar-refractivity contribution in [3.8, 4) is 0 Å². The van der Waals surface area contributed by atoms with Gasteiger partial charge in [0.25, 0.3) is 0 Å². The fraction of sp³-hybridized carbons (Fsp3) is 0.519. The van der Waals surface area contributed by atoms with Crippen LogP contribution in [0.4, 0.5) is 0 Å². The quantitative estimate of drug-likeness (QED) is 0.0954. The predicted molar refractivity (Wildman–Crippen MR) is 150 cm³/mol. The summed E-state index contributed by atoms with van der Waals surface area (Å²) >= 11 is 0. The van der Waals surface area contributed by atoms with E-state index in [-0.39, 0.29) is 43.5 Å². The van der Waals surface area contributed by atoms with Gasteiger partial charge in [0.2, 0.25) is 29.5 Å². The molecule has 0 radical (unpaired) electrons. The van der Waals surface area contributed by atoms with Crippen LogP contribution in [-0.4, -0.2) is 78.5 Å². The monoisotopic (exact) mass is 572 g/mol. The summed E-state index contributed by atoms with van der Waals surface area (Å²) in [7, 11) is 0. The molecule has 1 heterocycles. The van der Waals surface area contributed by atoms with E-state index in [1.807, 2.05) is 0 Å². The van der Waals surface area contributed by atoms with Crippen LogP contribution in [0.25, 0.3) is 0 Å². The van der Waals surface area contributed by atoms with Gasteiger partial charge in [0.05, 0.1) is 6.54 Å². The van der Waals surface area contributed by atoms with Gasteiger partial charge in [-0.1, -0.05) is 44.2 Å². The van der Waals surface area contributed by atoms with Crippen molar-refractivity contribution in [1.29, 1.82) is 5.41 Å². The standard InChI is InChI=1S/C27H40N8O6/c1-15(2)22-26(41)33-18(10-7-11-30-27(28)29)23(38)31-14-21(37)32-19(12-16(3)36)24(39)34-20(25(40)35-22)13-17-8-5-4-6-9-17/h4-6,8-9,15,18-20,22H,7,10-14H2,1-3H3,(H,31,38)(H,32,37)(H,33,41)(H,34,39)(H,35,40)(H4,28,29,30). The normalized spacial score (nSPS) is 22.7. The number of rotatable bonds is 9. The maximum atomic E-state index is 13.5. The first-order valence-corrected chi connectivity index (χ1v) is 13.5. The van der Waals surface area contributed by atoms with Crippen LogP contribution < -0.4 is 37.6 Å². The molecule has 9 N–H and O–H groups in total. The number of carbonyl (C=O) groups is 6. The van der Waals surface area contributed by atoms with Gasteiger partial charge in [0.1, 0.15) is 30.0 Å². The van der Waals surface area contributed by atoms with Crippen molar-refractivity contribution in [3.05, 3.63) is 35.9 Å². The van der Waals surface area contributed by atoms with Crippen molar-refractivity contribution in [2.45, 2.75) is 70.6 Å². The van der Waals surface area contributed by atoms with Crippen LogP contribution in [0.3, 0.4) is 0 Å². The second kappa shape index (κ2) is 15.9. The van der Waals surface area contributed by atoms with Crippen molar-refractivity contribution in [2.75, 3.05) is 13.1 Å². The number of amides is 5. The number of nitrogens with one attached hydrogen (secondary N) is 7. The van der Waals surface area contributed by atoms with Gasteiger partial charge in [0, 0.05) is 19.4 Å². The summed E-state index contributed by atoms with van der Waals surface area (Å²) in [5, 5.41) is 22.8. The van der Waals surface area contributed by atoms with E-state index in [2.05, 4.69) is 31.9 Å². The van der Waals surface area contributed by atoms with Crippen molar-refractivity contribution < 1.29 is 28.8 Å². The Morgan fingerprint density at radius 1 is 0.927 bits per heavy atom. The summed E-state index contributed by atoms with van der Waals surface area (Å²) in [6.07, 6.45) is 0.242. The third-order valence-corrected chi connectivity index (χ3v) is 6.35. The fourth-order valence-corrected chi connectivity index (χ4v) is 4.21. The van der Waals surface area contributed by atoms with Crippen LogP contribution in [0.15, 0.2) is 30.3 Å². The molecule has 0 aromatic heterocycles. The van der Waals surface area contributed by atoms with E-state index in [0.717, 1.165) is 5.56 Å². The summed E-state index contributed by atoms with van der Waals surface area (Å²) < 4.78 is 0. The topological polar surface area (TPSA) is 224 Å². The Hall–Kier alpha value is -4.49. The lowest BCUT2D eigenvalue weighted by atomic mass is 9.99. The van der Waals surface area contributed by atoms with Crippen molar-refractivity contribution >= 4 is 41.3 Å². The number of hydrogen-bond acceptors (Lipinski definition) is 7. The van der Waals surface area contributed by atoms with Crippen molar-refractivity contribution in [3.63, 3.8) is 0 Å². The average Bonchev–Trinajstić information content (AvgIpc) is 2.90. The molecule has 1 saturated heterocycles. The van der Waals surface area contributed by atoms with E-state index in [1.165, 1.54) is 6.92 Å². The van der Waals surface area contributed by atoms with Gasteiger partial charge in [-0.2, -0.15) is 0 Å². The van der Waals surface area contributed by atoms with E-state index in [1.54, 1.807) is 44.2 Å². The smallest absolute Gasteiger partial charge is 0.243 e. The van der Waals surface area contributed by atoms with Gasteiger partial charge in [-0.05, 0) is 31.2 Å². The highest BCUT2D eigenvalue weighted by atomic mass is 16.2. The number of ketones is 1. The zero-order chi connectivity index (χ0) is 30.5. The summed E-state index contributed by atoms with van der Waals surface area (Å²) in [6, 6.07) is 4.37. The van der Waals surface area contributed by atoms with Gasteiger partial charge in [0.15, 0.2) is 5.96 Å². The molecule has 14 heteroatoms. The van der Waals surface area contributed by atoms with Gasteiger partial charge >= 0.3 is 0 Å². The SMILES string of the molecule is CC(=O)CC1NC(=O)CNC(=O)C(CCCNC(=N)N)NC(=O)C(C(C)C)NC(=O)C(Cc2ccccc2)NC1=O. The zero-order valence-corrected chi connectivity index (χ0v) is 23.5. The van der Waals surface area contributed by atoms with E-state index < -0.39 is 60.2 Å². The Morgan fingerprint density at radius 2 is 1.56 bits per heavy atom. The predicted octanol–water partition coefficient (Wildman–Crippen LogP) is -1.80. The molecule has 0 aliphatic carbocycles. The number of benzene rings is 1. The number of nitrogens with two attached hydrogens (primary N) is 1. The summed E-state index contributed by atoms with van der Waals surface area (Å²) in [4.78, 5) is 77.6. The Labute approximate surface area is 238 Å². The summed E-state index contributed by atoms with van der Waals surface area (Å²) in [5.41, 5.74) is 6.03. The molecule has 1 aliphatic rings. The summed E-state index contributed by atoms with van der Waals surface area (Å²) in [5.74, 6) is -4.42. The van der Waals surface area contributed by atoms with Crippen LogP contribution >= 0.6 is 0 Å². The summed E-state index contributed by atoms with van der Waals surface area (Å²) in [6.45, 7) is 4.46. The maximum Gasteiger partial charge on any atom is 0.243 e. The largest absolute Gasteiger partial charge is 0.370 e. The van der Waals surface area contributed by atoms with E-state index >= 15 is 0 Å². The molecule has 0 spiro atoms. The third-order valence-electron chi connectivity index (χ3n) is 6.35.